The maximum absolute atomic E-state index is 5.41. The Kier molecular flexibility index (Phi) is 5.22. The van der Waals surface area contributed by atoms with E-state index < -0.39 is 0 Å². The number of rotatable bonds is 7. The lowest BCUT2D eigenvalue weighted by atomic mass is 9.85. The summed E-state index contributed by atoms with van der Waals surface area (Å²) in [7, 11) is 2.02. The van der Waals surface area contributed by atoms with Crippen molar-refractivity contribution < 1.29 is 4.42 Å². The van der Waals surface area contributed by atoms with Crippen LogP contribution in [0.15, 0.2) is 22.8 Å². The van der Waals surface area contributed by atoms with Gasteiger partial charge in [0.15, 0.2) is 0 Å². The van der Waals surface area contributed by atoms with E-state index in [9.17, 15) is 0 Å². The Morgan fingerprint density at radius 3 is 2.65 bits per heavy atom. The van der Waals surface area contributed by atoms with E-state index in [2.05, 4.69) is 37.9 Å². The average molecular weight is 238 g/mol. The molecule has 0 radical (unpaired) electrons. The average Bonchev–Trinajstić information content (AvgIpc) is 2.79. The van der Waals surface area contributed by atoms with E-state index in [1.807, 2.05) is 19.2 Å². The highest BCUT2D eigenvalue weighted by molar-refractivity contribution is 4.98. The first-order valence-electron chi connectivity index (χ1n) is 6.41. The first kappa shape index (κ1) is 14.3. The van der Waals surface area contributed by atoms with Crippen LogP contribution in [0.25, 0.3) is 0 Å². The SMILES string of the molecule is CCN(Cc1ccco1)CC(C)(C)C(C)NC. The van der Waals surface area contributed by atoms with Gasteiger partial charge in [0.1, 0.15) is 5.76 Å². The lowest BCUT2D eigenvalue weighted by Crippen LogP contribution is -2.45. The molecular weight excluding hydrogens is 212 g/mol. The number of hydrogen-bond acceptors (Lipinski definition) is 3. The lowest BCUT2D eigenvalue weighted by Gasteiger charge is -2.36. The first-order chi connectivity index (χ1) is 7.99. The highest BCUT2D eigenvalue weighted by Gasteiger charge is 2.27. The minimum absolute atomic E-state index is 0.247. The van der Waals surface area contributed by atoms with E-state index in [1.54, 1.807) is 6.26 Å². The van der Waals surface area contributed by atoms with Crippen LogP contribution < -0.4 is 5.32 Å². The zero-order valence-electron chi connectivity index (χ0n) is 11.8. The van der Waals surface area contributed by atoms with Gasteiger partial charge in [-0.15, -0.1) is 0 Å². The molecule has 0 aliphatic heterocycles. The van der Waals surface area contributed by atoms with E-state index in [0.29, 0.717) is 6.04 Å². The molecule has 0 fully saturated rings. The Morgan fingerprint density at radius 1 is 1.47 bits per heavy atom. The minimum Gasteiger partial charge on any atom is -0.468 e. The van der Waals surface area contributed by atoms with Crippen LogP contribution >= 0.6 is 0 Å². The van der Waals surface area contributed by atoms with Crippen molar-refractivity contribution >= 4 is 0 Å². The van der Waals surface area contributed by atoms with E-state index in [-0.39, 0.29) is 5.41 Å². The Bertz CT molecular complexity index is 306. The molecule has 1 atom stereocenters. The highest BCUT2D eigenvalue weighted by Crippen LogP contribution is 2.22. The fourth-order valence-corrected chi connectivity index (χ4v) is 2.01. The van der Waals surface area contributed by atoms with Gasteiger partial charge >= 0.3 is 0 Å². The smallest absolute Gasteiger partial charge is 0.117 e. The molecule has 0 amide bonds. The predicted molar refractivity (Wildman–Crippen MR) is 72.0 cm³/mol. The van der Waals surface area contributed by atoms with Crippen molar-refractivity contribution in [3.05, 3.63) is 24.2 Å². The molecule has 0 aliphatic rings. The first-order valence-corrected chi connectivity index (χ1v) is 6.41. The summed E-state index contributed by atoms with van der Waals surface area (Å²) >= 11 is 0. The molecule has 0 aromatic carbocycles. The van der Waals surface area contributed by atoms with Gasteiger partial charge in [-0.1, -0.05) is 20.8 Å². The van der Waals surface area contributed by atoms with Gasteiger partial charge in [0, 0.05) is 12.6 Å². The van der Waals surface area contributed by atoms with Crippen LogP contribution in [0.4, 0.5) is 0 Å². The van der Waals surface area contributed by atoms with Crippen LogP contribution in [0, 0.1) is 5.41 Å². The molecule has 1 rings (SSSR count). The molecule has 1 aromatic heterocycles. The number of nitrogens with one attached hydrogen (secondary N) is 1. The molecule has 0 bridgehead atoms. The quantitative estimate of drug-likeness (QED) is 0.791. The summed E-state index contributed by atoms with van der Waals surface area (Å²) in [4.78, 5) is 2.42. The van der Waals surface area contributed by atoms with Gasteiger partial charge in [0.2, 0.25) is 0 Å². The van der Waals surface area contributed by atoms with E-state index in [1.165, 1.54) is 0 Å². The van der Waals surface area contributed by atoms with Crippen LogP contribution in [0.5, 0.6) is 0 Å². The maximum Gasteiger partial charge on any atom is 0.117 e. The summed E-state index contributed by atoms with van der Waals surface area (Å²) in [6.45, 7) is 12.0. The van der Waals surface area contributed by atoms with Gasteiger partial charge in [0.05, 0.1) is 12.8 Å². The largest absolute Gasteiger partial charge is 0.468 e. The third-order valence-electron chi connectivity index (χ3n) is 3.64. The fourth-order valence-electron chi connectivity index (χ4n) is 2.01. The molecule has 0 spiro atoms. The molecule has 0 aliphatic carbocycles. The van der Waals surface area contributed by atoms with Crippen molar-refractivity contribution in [1.29, 1.82) is 0 Å². The molecule has 98 valence electrons. The lowest BCUT2D eigenvalue weighted by molar-refractivity contribution is 0.138. The molecule has 1 unspecified atom stereocenters. The Hall–Kier alpha value is -0.800. The molecule has 3 heteroatoms. The molecule has 1 aromatic rings. The molecule has 17 heavy (non-hydrogen) atoms. The van der Waals surface area contributed by atoms with Crippen LogP contribution in [-0.4, -0.2) is 31.1 Å². The van der Waals surface area contributed by atoms with Gasteiger partial charge in [0.25, 0.3) is 0 Å². The fraction of sp³-hybridized carbons (Fsp3) is 0.714. The zero-order chi connectivity index (χ0) is 12.9. The molecular formula is C14H26N2O. The van der Waals surface area contributed by atoms with Gasteiger partial charge < -0.3 is 9.73 Å². The third kappa shape index (κ3) is 4.17. The Balaban J connectivity index is 2.57. The molecule has 1 N–H and O–H groups in total. The van der Waals surface area contributed by atoms with Gasteiger partial charge in [-0.3, -0.25) is 4.90 Å². The van der Waals surface area contributed by atoms with E-state index >= 15 is 0 Å². The van der Waals surface area contributed by atoms with Crippen molar-refractivity contribution in [2.24, 2.45) is 5.41 Å². The van der Waals surface area contributed by atoms with Gasteiger partial charge in [-0.2, -0.15) is 0 Å². The minimum atomic E-state index is 0.247. The van der Waals surface area contributed by atoms with Crippen molar-refractivity contribution in [3.8, 4) is 0 Å². The maximum atomic E-state index is 5.41. The van der Waals surface area contributed by atoms with Gasteiger partial charge in [-0.25, -0.2) is 0 Å². The monoisotopic (exact) mass is 238 g/mol. The van der Waals surface area contributed by atoms with Gasteiger partial charge in [-0.05, 0) is 38.1 Å². The summed E-state index contributed by atoms with van der Waals surface area (Å²) in [6, 6.07) is 4.48. The zero-order valence-corrected chi connectivity index (χ0v) is 11.8. The topological polar surface area (TPSA) is 28.4 Å². The summed E-state index contributed by atoms with van der Waals surface area (Å²) in [5, 5.41) is 3.34. The number of nitrogens with zero attached hydrogens (tertiary/aromatic N) is 1. The Morgan fingerprint density at radius 2 is 2.18 bits per heavy atom. The second-order valence-corrected chi connectivity index (χ2v) is 5.38. The summed E-state index contributed by atoms with van der Waals surface area (Å²) < 4.78 is 5.41. The second-order valence-electron chi connectivity index (χ2n) is 5.38. The molecule has 0 saturated heterocycles. The van der Waals surface area contributed by atoms with E-state index in [4.69, 9.17) is 4.42 Å². The Labute approximate surface area is 105 Å². The predicted octanol–water partition coefficient (Wildman–Crippen LogP) is 2.74. The molecule has 0 saturated carbocycles. The summed E-state index contributed by atoms with van der Waals surface area (Å²) in [5.41, 5.74) is 0.247. The normalized spacial score (nSPS) is 14.2. The third-order valence-corrected chi connectivity index (χ3v) is 3.64. The molecule has 1 heterocycles. The van der Waals surface area contributed by atoms with Crippen LogP contribution in [0.3, 0.4) is 0 Å². The van der Waals surface area contributed by atoms with E-state index in [0.717, 1.165) is 25.4 Å². The number of hydrogen-bond donors (Lipinski definition) is 1. The molecule has 3 nitrogen and oxygen atoms in total. The van der Waals surface area contributed by atoms with Crippen molar-refractivity contribution in [2.75, 3.05) is 20.1 Å². The standard InChI is InChI=1S/C14H26N2O/c1-6-16(10-13-8-7-9-17-13)11-14(3,4)12(2)15-5/h7-9,12,15H,6,10-11H2,1-5H3. The van der Waals surface area contributed by atoms with Crippen molar-refractivity contribution in [3.63, 3.8) is 0 Å². The van der Waals surface area contributed by atoms with Crippen LogP contribution in [-0.2, 0) is 6.54 Å². The number of furan rings is 1. The van der Waals surface area contributed by atoms with Crippen molar-refractivity contribution in [1.82, 2.24) is 10.2 Å². The van der Waals surface area contributed by atoms with Crippen LogP contribution in [0.2, 0.25) is 0 Å². The summed E-state index contributed by atoms with van der Waals surface area (Å²) in [5.74, 6) is 1.04. The second kappa shape index (κ2) is 6.22. The summed E-state index contributed by atoms with van der Waals surface area (Å²) in [6.07, 6.45) is 1.74. The van der Waals surface area contributed by atoms with Crippen molar-refractivity contribution in [2.45, 2.75) is 40.3 Å². The highest BCUT2D eigenvalue weighted by atomic mass is 16.3. The van der Waals surface area contributed by atoms with Crippen LogP contribution in [0.1, 0.15) is 33.5 Å².